The largest absolute Gasteiger partial charge is 0.468 e. The third-order valence-corrected chi connectivity index (χ3v) is 5.99. The number of carbonyl (C=O) groups excluding carboxylic acids is 1. The van der Waals surface area contributed by atoms with Crippen molar-refractivity contribution in [2.24, 2.45) is 5.10 Å². The highest BCUT2D eigenvalue weighted by molar-refractivity contribution is 7.99. The number of carbonyl (C=O) groups is 1. The average Bonchev–Trinajstić information content (AvgIpc) is 3.47. The summed E-state index contributed by atoms with van der Waals surface area (Å²) in [6.07, 6.45) is 3.85. The normalized spacial score (nSPS) is 17.6. The summed E-state index contributed by atoms with van der Waals surface area (Å²) in [5.41, 5.74) is 1.79. The van der Waals surface area contributed by atoms with Crippen molar-refractivity contribution in [1.82, 2.24) is 5.01 Å². The number of hydrogen-bond donors (Lipinski definition) is 0. The van der Waals surface area contributed by atoms with Gasteiger partial charge in [-0.25, -0.2) is 5.01 Å². The smallest absolute Gasteiger partial charge is 0.256 e. The van der Waals surface area contributed by atoms with Crippen LogP contribution in [-0.4, -0.2) is 21.9 Å². The van der Waals surface area contributed by atoms with Crippen LogP contribution in [0.5, 0.6) is 0 Å². The van der Waals surface area contributed by atoms with Gasteiger partial charge < -0.3 is 8.83 Å². The van der Waals surface area contributed by atoms with Gasteiger partial charge >= 0.3 is 0 Å². The molecule has 4 rings (SSSR count). The van der Waals surface area contributed by atoms with E-state index in [2.05, 4.69) is 5.10 Å². The molecule has 0 aliphatic carbocycles. The van der Waals surface area contributed by atoms with Crippen LogP contribution < -0.4 is 0 Å². The number of rotatable bonds is 6. The van der Waals surface area contributed by atoms with Gasteiger partial charge in [0, 0.05) is 11.4 Å². The van der Waals surface area contributed by atoms with E-state index in [1.165, 1.54) is 11.8 Å². The number of benzene rings is 1. The first-order chi connectivity index (χ1) is 13.6. The summed E-state index contributed by atoms with van der Waals surface area (Å²) in [7, 11) is 0. The predicted molar refractivity (Wildman–Crippen MR) is 110 cm³/mol. The summed E-state index contributed by atoms with van der Waals surface area (Å²) in [5.74, 6) is 2.15. The maximum Gasteiger partial charge on any atom is 0.256 e. The summed E-state index contributed by atoms with van der Waals surface area (Å²) in [6, 6.07) is 14.7. The molecule has 144 valence electrons. The molecule has 0 saturated heterocycles. The Morgan fingerprint density at radius 1 is 1.21 bits per heavy atom. The minimum Gasteiger partial charge on any atom is -0.468 e. The van der Waals surface area contributed by atoms with Crippen LogP contribution in [0, 0.1) is 0 Å². The fourth-order valence-corrected chi connectivity index (χ4v) is 4.05. The van der Waals surface area contributed by atoms with Crippen LogP contribution >= 0.6 is 23.4 Å². The third kappa shape index (κ3) is 4.03. The Kier molecular flexibility index (Phi) is 5.59. The van der Waals surface area contributed by atoms with Gasteiger partial charge in [0.1, 0.15) is 17.6 Å². The van der Waals surface area contributed by atoms with E-state index in [-0.39, 0.29) is 17.2 Å². The molecule has 0 radical (unpaired) electrons. The lowest BCUT2D eigenvalue weighted by Gasteiger charge is -2.22. The molecule has 0 spiro atoms. The quantitative estimate of drug-likeness (QED) is 0.532. The van der Waals surface area contributed by atoms with Crippen LogP contribution in [0.25, 0.3) is 0 Å². The van der Waals surface area contributed by atoms with E-state index in [1.807, 2.05) is 55.5 Å². The van der Waals surface area contributed by atoms with E-state index < -0.39 is 0 Å². The molecule has 0 N–H and O–H groups in total. The lowest BCUT2D eigenvalue weighted by atomic mass is 10.0. The van der Waals surface area contributed by atoms with Gasteiger partial charge in [-0.2, -0.15) is 5.10 Å². The van der Waals surface area contributed by atoms with Crippen molar-refractivity contribution in [2.75, 3.05) is 0 Å². The molecular formula is C21H19ClN2O3S. The van der Waals surface area contributed by atoms with Gasteiger partial charge in [-0.3, -0.25) is 4.79 Å². The number of thioether (sulfide) groups is 1. The molecule has 0 saturated carbocycles. The highest BCUT2D eigenvalue weighted by atomic mass is 35.5. The number of furan rings is 2. The topological polar surface area (TPSA) is 59.0 Å². The van der Waals surface area contributed by atoms with Crippen molar-refractivity contribution in [3.05, 3.63) is 83.2 Å². The monoisotopic (exact) mass is 414 g/mol. The molecule has 0 fully saturated rings. The van der Waals surface area contributed by atoms with Crippen molar-refractivity contribution in [3.8, 4) is 0 Å². The molecule has 28 heavy (non-hydrogen) atoms. The summed E-state index contributed by atoms with van der Waals surface area (Å²) < 4.78 is 10.9. The summed E-state index contributed by atoms with van der Waals surface area (Å²) >= 11 is 7.52. The first-order valence-corrected chi connectivity index (χ1v) is 10.4. The van der Waals surface area contributed by atoms with Crippen LogP contribution in [0.4, 0.5) is 0 Å². The second-order valence-corrected chi connectivity index (χ2v) is 8.27. The van der Waals surface area contributed by atoms with E-state index in [1.54, 1.807) is 17.5 Å². The minimum absolute atomic E-state index is 0.0538. The lowest BCUT2D eigenvalue weighted by Crippen LogP contribution is -2.33. The molecule has 3 aromatic rings. The maximum atomic E-state index is 13.1. The molecule has 1 aliphatic rings. The first-order valence-electron chi connectivity index (χ1n) is 8.95. The Balaban J connectivity index is 1.55. The van der Waals surface area contributed by atoms with Gasteiger partial charge in [0.25, 0.3) is 5.91 Å². The van der Waals surface area contributed by atoms with Gasteiger partial charge in [0.05, 0.1) is 29.2 Å². The molecule has 5 nitrogen and oxygen atoms in total. The number of hydrogen-bond acceptors (Lipinski definition) is 5. The standard InChI is InChI=1S/C21H19ClN2O3S/c1-14(28-13-17-4-2-10-26-17)21(25)24-19(20-5-3-11-27-20)12-18(23-24)15-6-8-16(22)9-7-15/h2-11,14,19H,12-13H2,1H3/t14-,19+/m1/s1. The van der Waals surface area contributed by atoms with Gasteiger partial charge in [-0.15, -0.1) is 11.8 Å². The van der Waals surface area contributed by atoms with E-state index >= 15 is 0 Å². The van der Waals surface area contributed by atoms with Gasteiger partial charge in [-0.05, 0) is 48.9 Å². The number of hydrazone groups is 1. The Morgan fingerprint density at radius 2 is 1.96 bits per heavy atom. The Hall–Kier alpha value is -2.44. The van der Waals surface area contributed by atoms with Crippen molar-refractivity contribution in [3.63, 3.8) is 0 Å². The molecule has 0 unspecified atom stereocenters. The molecule has 2 aromatic heterocycles. The van der Waals surface area contributed by atoms with E-state index in [0.717, 1.165) is 22.8 Å². The van der Waals surface area contributed by atoms with Crippen molar-refractivity contribution < 1.29 is 13.6 Å². The molecule has 0 bridgehead atoms. The van der Waals surface area contributed by atoms with Crippen molar-refractivity contribution in [1.29, 1.82) is 0 Å². The number of amides is 1. The summed E-state index contributed by atoms with van der Waals surface area (Å²) in [4.78, 5) is 13.1. The Morgan fingerprint density at radius 3 is 2.64 bits per heavy atom. The van der Waals surface area contributed by atoms with E-state index in [0.29, 0.717) is 17.2 Å². The first kappa shape index (κ1) is 18.9. The number of nitrogens with zero attached hydrogens (tertiary/aromatic N) is 2. The fourth-order valence-electron chi connectivity index (χ4n) is 3.09. The zero-order valence-electron chi connectivity index (χ0n) is 15.2. The van der Waals surface area contributed by atoms with Gasteiger partial charge in [0.2, 0.25) is 0 Å². The zero-order chi connectivity index (χ0) is 19.5. The van der Waals surface area contributed by atoms with E-state index in [9.17, 15) is 4.79 Å². The highest BCUT2D eigenvalue weighted by Gasteiger charge is 2.36. The van der Waals surface area contributed by atoms with Crippen LogP contribution in [0.3, 0.4) is 0 Å². The second-order valence-electron chi connectivity index (χ2n) is 6.50. The van der Waals surface area contributed by atoms with Crippen LogP contribution in [-0.2, 0) is 10.5 Å². The SMILES string of the molecule is C[C@@H](SCc1ccco1)C(=O)N1N=C(c2ccc(Cl)cc2)C[C@H]1c1ccco1. The minimum atomic E-state index is -0.268. The van der Waals surface area contributed by atoms with Crippen LogP contribution in [0.1, 0.15) is 36.5 Å². The fraction of sp³-hybridized carbons (Fsp3) is 0.238. The molecule has 1 aromatic carbocycles. The predicted octanol–water partition coefficient (Wildman–Crippen LogP) is 5.53. The molecule has 7 heteroatoms. The van der Waals surface area contributed by atoms with Crippen molar-refractivity contribution in [2.45, 2.75) is 30.4 Å². The number of halogens is 1. The zero-order valence-corrected chi connectivity index (χ0v) is 16.8. The Bertz CT molecular complexity index is 952. The third-order valence-electron chi connectivity index (χ3n) is 4.59. The summed E-state index contributed by atoms with van der Waals surface area (Å²) in [6.45, 7) is 1.89. The maximum absolute atomic E-state index is 13.1. The van der Waals surface area contributed by atoms with Crippen molar-refractivity contribution >= 4 is 35.0 Å². The molecule has 1 amide bonds. The lowest BCUT2D eigenvalue weighted by molar-refractivity contribution is -0.132. The van der Waals surface area contributed by atoms with Crippen LogP contribution in [0.2, 0.25) is 5.02 Å². The molecule has 1 aliphatic heterocycles. The molecular weight excluding hydrogens is 396 g/mol. The molecule has 2 atom stereocenters. The highest BCUT2D eigenvalue weighted by Crippen LogP contribution is 2.35. The van der Waals surface area contributed by atoms with Gasteiger partial charge in [0.15, 0.2) is 0 Å². The van der Waals surface area contributed by atoms with Crippen LogP contribution in [0.15, 0.2) is 75.0 Å². The molecule has 3 heterocycles. The average molecular weight is 415 g/mol. The Labute approximate surface area is 172 Å². The van der Waals surface area contributed by atoms with Gasteiger partial charge in [-0.1, -0.05) is 23.7 Å². The second kappa shape index (κ2) is 8.29. The van der Waals surface area contributed by atoms with E-state index in [4.69, 9.17) is 20.4 Å². The summed E-state index contributed by atoms with van der Waals surface area (Å²) in [5, 5.41) is 6.61.